The first-order valence-electron chi connectivity index (χ1n) is 11.4. The summed E-state index contributed by atoms with van der Waals surface area (Å²) in [5.74, 6) is -3.56. The molecule has 0 bridgehead atoms. The van der Waals surface area contributed by atoms with Gasteiger partial charge >= 0.3 is 5.97 Å². The smallest absolute Gasteiger partial charge is 0.326 e. The molecule has 36 heavy (non-hydrogen) atoms. The lowest BCUT2D eigenvalue weighted by atomic mass is 10.0. The second kappa shape index (κ2) is 10.4. The Bertz CT molecular complexity index is 1250. The SMILES string of the molecule is CCOC(=O)CN1C(=O)CCC(N2Cc3c(ccc(CNC(=O)c4ccc(Cl)cc4)c3F)C2=O)C1=O. The van der Waals surface area contributed by atoms with Crippen molar-refractivity contribution in [1.82, 2.24) is 15.1 Å². The maximum atomic E-state index is 15.3. The van der Waals surface area contributed by atoms with Crippen molar-refractivity contribution in [1.29, 1.82) is 0 Å². The number of ether oxygens (including phenoxy) is 1. The Morgan fingerprint density at radius 1 is 1.14 bits per heavy atom. The maximum absolute atomic E-state index is 15.3. The number of halogens is 2. The Labute approximate surface area is 211 Å². The van der Waals surface area contributed by atoms with Gasteiger partial charge in [-0.1, -0.05) is 17.7 Å². The predicted molar refractivity (Wildman–Crippen MR) is 125 cm³/mol. The average molecular weight is 516 g/mol. The zero-order chi connectivity index (χ0) is 26.0. The zero-order valence-corrected chi connectivity index (χ0v) is 20.1. The Kier molecular flexibility index (Phi) is 7.35. The van der Waals surface area contributed by atoms with E-state index >= 15 is 4.39 Å². The second-order valence-electron chi connectivity index (χ2n) is 8.37. The Morgan fingerprint density at radius 3 is 2.56 bits per heavy atom. The number of hydrogen-bond acceptors (Lipinski definition) is 6. The predicted octanol–water partition coefficient (Wildman–Crippen LogP) is 2.45. The molecule has 188 valence electrons. The summed E-state index contributed by atoms with van der Waals surface area (Å²) in [6, 6.07) is 8.09. The van der Waals surface area contributed by atoms with Crippen LogP contribution >= 0.6 is 11.6 Å². The van der Waals surface area contributed by atoms with Crippen LogP contribution in [-0.2, 0) is 32.2 Å². The highest BCUT2D eigenvalue weighted by Crippen LogP contribution is 2.32. The van der Waals surface area contributed by atoms with Crippen LogP contribution in [0.25, 0.3) is 0 Å². The van der Waals surface area contributed by atoms with Crippen molar-refractivity contribution in [3.63, 3.8) is 0 Å². The van der Waals surface area contributed by atoms with E-state index in [1.807, 2.05) is 0 Å². The molecule has 11 heteroatoms. The molecule has 2 heterocycles. The Morgan fingerprint density at radius 2 is 1.86 bits per heavy atom. The van der Waals surface area contributed by atoms with Crippen LogP contribution in [0.3, 0.4) is 0 Å². The summed E-state index contributed by atoms with van der Waals surface area (Å²) in [4.78, 5) is 64.5. The number of imide groups is 1. The van der Waals surface area contributed by atoms with Gasteiger partial charge in [0.2, 0.25) is 5.91 Å². The number of carbonyl (C=O) groups is 5. The number of hydrogen-bond donors (Lipinski definition) is 1. The summed E-state index contributed by atoms with van der Waals surface area (Å²) < 4.78 is 20.2. The van der Waals surface area contributed by atoms with E-state index in [2.05, 4.69) is 5.32 Å². The molecule has 0 aliphatic carbocycles. The number of fused-ring (bicyclic) bond motifs is 1. The third kappa shape index (κ3) is 4.94. The van der Waals surface area contributed by atoms with Gasteiger partial charge in [0, 0.05) is 40.2 Å². The van der Waals surface area contributed by atoms with Gasteiger partial charge < -0.3 is 15.0 Å². The molecule has 2 aromatic rings. The fourth-order valence-corrected chi connectivity index (χ4v) is 4.43. The summed E-state index contributed by atoms with van der Waals surface area (Å²) in [5, 5.41) is 3.12. The molecule has 1 N–H and O–H groups in total. The van der Waals surface area contributed by atoms with Crippen molar-refractivity contribution in [2.75, 3.05) is 13.2 Å². The molecule has 0 spiro atoms. The molecule has 4 amide bonds. The minimum Gasteiger partial charge on any atom is -0.465 e. The zero-order valence-electron chi connectivity index (χ0n) is 19.4. The summed E-state index contributed by atoms with van der Waals surface area (Å²) in [6.07, 6.45) is 0.0305. The van der Waals surface area contributed by atoms with Crippen LogP contribution in [0.15, 0.2) is 36.4 Å². The van der Waals surface area contributed by atoms with Crippen molar-refractivity contribution in [3.05, 3.63) is 69.5 Å². The monoisotopic (exact) mass is 515 g/mol. The van der Waals surface area contributed by atoms with Crippen molar-refractivity contribution in [2.24, 2.45) is 0 Å². The van der Waals surface area contributed by atoms with E-state index < -0.39 is 48.0 Å². The average Bonchev–Trinajstić information content (AvgIpc) is 3.18. The van der Waals surface area contributed by atoms with Gasteiger partial charge in [-0.15, -0.1) is 0 Å². The van der Waals surface area contributed by atoms with E-state index in [0.717, 1.165) is 4.90 Å². The molecule has 1 fully saturated rings. The Balaban J connectivity index is 1.47. The van der Waals surface area contributed by atoms with Gasteiger partial charge in [-0.05, 0) is 43.7 Å². The van der Waals surface area contributed by atoms with E-state index in [1.165, 1.54) is 17.0 Å². The van der Waals surface area contributed by atoms with E-state index in [4.69, 9.17) is 16.3 Å². The topological polar surface area (TPSA) is 113 Å². The van der Waals surface area contributed by atoms with Crippen LogP contribution in [0, 0.1) is 5.82 Å². The van der Waals surface area contributed by atoms with Crippen molar-refractivity contribution in [3.8, 4) is 0 Å². The van der Waals surface area contributed by atoms with Gasteiger partial charge in [-0.2, -0.15) is 0 Å². The van der Waals surface area contributed by atoms with Crippen LogP contribution < -0.4 is 5.32 Å². The van der Waals surface area contributed by atoms with Crippen molar-refractivity contribution >= 4 is 41.2 Å². The highest BCUT2D eigenvalue weighted by molar-refractivity contribution is 6.30. The lowest BCUT2D eigenvalue weighted by Crippen LogP contribution is -2.55. The molecular weight excluding hydrogens is 493 g/mol. The van der Waals surface area contributed by atoms with Crippen LogP contribution in [0.5, 0.6) is 0 Å². The number of esters is 1. The first-order valence-corrected chi connectivity index (χ1v) is 11.7. The number of likely N-dealkylation sites (tertiary alicyclic amines) is 1. The number of amides is 4. The molecule has 1 unspecified atom stereocenters. The molecule has 1 atom stereocenters. The van der Waals surface area contributed by atoms with Crippen LogP contribution in [-0.4, -0.2) is 58.6 Å². The summed E-state index contributed by atoms with van der Waals surface area (Å²) in [7, 11) is 0. The quantitative estimate of drug-likeness (QED) is 0.447. The van der Waals surface area contributed by atoms with Gasteiger partial charge in [0.05, 0.1) is 13.2 Å². The molecule has 0 saturated carbocycles. The van der Waals surface area contributed by atoms with E-state index in [-0.39, 0.29) is 49.2 Å². The summed E-state index contributed by atoms with van der Waals surface area (Å²) >= 11 is 5.83. The third-order valence-corrected chi connectivity index (χ3v) is 6.39. The molecule has 2 aromatic carbocycles. The molecular formula is C25H23ClFN3O6. The number of carbonyl (C=O) groups excluding carboxylic acids is 5. The van der Waals surface area contributed by atoms with Gasteiger partial charge in [-0.3, -0.25) is 28.9 Å². The van der Waals surface area contributed by atoms with Gasteiger partial charge in [0.25, 0.3) is 17.7 Å². The minimum atomic E-state index is -1.01. The maximum Gasteiger partial charge on any atom is 0.326 e. The largest absolute Gasteiger partial charge is 0.465 e. The summed E-state index contributed by atoms with van der Waals surface area (Å²) in [6.45, 7) is 0.880. The van der Waals surface area contributed by atoms with Crippen LogP contribution in [0.1, 0.15) is 51.6 Å². The fourth-order valence-electron chi connectivity index (χ4n) is 4.30. The van der Waals surface area contributed by atoms with Gasteiger partial charge in [0.1, 0.15) is 18.4 Å². The Hall–Kier alpha value is -3.79. The van der Waals surface area contributed by atoms with Crippen LogP contribution in [0.2, 0.25) is 5.02 Å². The molecule has 2 aliphatic rings. The highest BCUT2D eigenvalue weighted by Gasteiger charge is 2.44. The molecule has 4 rings (SSSR count). The standard InChI is InChI=1S/C25H23ClFN3O6/c1-2-36-21(32)13-30-20(31)10-9-19(25(30)35)29-12-18-17(24(29)34)8-5-15(22(18)27)11-28-23(33)14-3-6-16(26)7-4-14/h3-8,19H,2,9-13H2,1H3,(H,28,33). The van der Waals surface area contributed by atoms with Crippen molar-refractivity contribution in [2.45, 2.75) is 38.9 Å². The number of nitrogens with zero attached hydrogens (tertiary/aromatic N) is 2. The fraction of sp³-hybridized carbons (Fsp3) is 0.320. The van der Waals surface area contributed by atoms with E-state index in [0.29, 0.717) is 10.6 Å². The number of nitrogens with one attached hydrogen (secondary N) is 1. The van der Waals surface area contributed by atoms with Gasteiger partial charge in [0.15, 0.2) is 0 Å². The molecule has 1 saturated heterocycles. The molecule has 0 radical (unpaired) electrons. The second-order valence-corrected chi connectivity index (χ2v) is 8.80. The minimum absolute atomic E-state index is 0.0413. The number of benzene rings is 2. The van der Waals surface area contributed by atoms with Gasteiger partial charge in [-0.25, -0.2) is 4.39 Å². The van der Waals surface area contributed by atoms with E-state index in [9.17, 15) is 24.0 Å². The highest BCUT2D eigenvalue weighted by atomic mass is 35.5. The molecule has 9 nitrogen and oxygen atoms in total. The van der Waals surface area contributed by atoms with Crippen molar-refractivity contribution < 1.29 is 33.1 Å². The van der Waals surface area contributed by atoms with Crippen LogP contribution in [0.4, 0.5) is 4.39 Å². The van der Waals surface area contributed by atoms with E-state index in [1.54, 1.807) is 31.2 Å². The summed E-state index contributed by atoms with van der Waals surface area (Å²) in [5.41, 5.74) is 0.765. The number of piperidine rings is 1. The first-order chi connectivity index (χ1) is 17.2. The lowest BCUT2D eigenvalue weighted by molar-refractivity contribution is -0.160. The normalized spacial score (nSPS) is 17.3. The molecule has 2 aliphatic heterocycles. The lowest BCUT2D eigenvalue weighted by Gasteiger charge is -2.34. The molecule has 0 aromatic heterocycles. The third-order valence-electron chi connectivity index (χ3n) is 6.14. The number of rotatable bonds is 7. The first kappa shape index (κ1) is 25.3.